The second-order valence-corrected chi connectivity index (χ2v) is 8.34. The summed E-state index contributed by atoms with van der Waals surface area (Å²) in [6.07, 6.45) is -4.20. The van der Waals surface area contributed by atoms with E-state index < -0.39 is 41.7 Å². The number of para-hydroxylation sites is 1. The summed E-state index contributed by atoms with van der Waals surface area (Å²) in [6.45, 7) is 2.34. The van der Waals surface area contributed by atoms with Gasteiger partial charge < -0.3 is 15.5 Å². The maximum atomic E-state index is 13.3. The van der Waals surface area contributed by atoms with Crippen molar-refractivity contribution in [2.75, 3.05) is 22.1 Å². The van der Waals surface area contributed by atoms with Crippen LogP contribution < -0.4 is 15.5 Å². The Morgan fingerprint density at radius 1 is 1.06 bits per heavy atom. The second-order valence-electron chi connectivity index (χ2n) is 8.34. The molecule has 2 aliphatic rings. The molecule has 4 amide bonds. The summed E-state index contributed by atoms with van der Waals surface area (Å²) in [5, 5.41) is 4.76. The average molecular weight is 474 g/mol. The summed E-state index contributed by atoms with van der Waals surface area (Å²) in [7, 11) is 0. The zero-order chi connectivity index (χ0) is 24.8. The Kier molecular flexibility index (Phi) is 5.58. The molecule has 0 spiro atoms. The van der Waals surface area contributed by atoms with Crippen molar-refractivity contribution < 1.29 is 32.3 Å². The highest BCUT2D eigenvalue weighted by Gasteiger charge is 2.53. The van der Waals surface area contributed by atoms with Crippen molar-refractivity contribution in [3.8, 4) is 0 Å². The molecule has 178 valence electrons. The maximum Gasteiger partial charge on any atom is 0.416 e. The van der Waals surface area contributed by atoms with Crippen molar-refractivity contribution >= 4 is 40.7 Å². The average Bonchev–Trinajstić information content (AvgIpc) is 3.06. The quantitative estimate of drug-likeness (QED) is 0.708. The van der Waals surface area contributed by atoms with Gasteiger partial charge in [0.25, 0.3) is 5.91 Å². The molecule has 0 aromatic heterocycles. The lowest BCUT2D eigenvalue weighted by Crippen LogP contribution is -2.63. The third-order valence-corrected chi connectivity index (χ3v) is 5.98. The first kappa shape index (κ1) is 23.3. The standard InChI is InChI=1S/C23H21F3N4O4/c1-13(31)27-16-8-7-14(23(24,25)26)11-17(16)28-19(32)12-29-21(34)15-5-3-4-6-18(15)30-20(33)9-10-22(29,30)2/h3-8,11H,9-10,12H2,1-2H3,(H,27,31)(H,28,32). The highest BCUT2D eigenvalue weighted by molar-refractivity contribution is 6.11. The van der Waals surface area contributed by atoms with Gasteiger partial charge in [-0.3, -0.25) is 24.1 Å². The lowest BCUT2D eigenvalue weighted by molar-refractivity contribution is -0.137. The number of halogens is 3. The van der Waals surface area contributed by atoms with Gasteiger partial charge in [0, 0.05) is 13.3 Å². The van der Waals surface area contributed by atoms with Gasteiger partial charge >= 0.3 is 6.18 Å². The first-order valence-electron chi connectivity index (χ1n) is 10.4. The van der Waals surface area contributed by atoms with Crippen LogP contribution in [-0.4, -0.2) is 40.7 Å². The molecule has 0 radical (unpaired) electrons. The molecule has 8 nitrogen and oxygen atoms in total. The SMILES string of the molecule is CC(=O)Nc1ccc(C(F)(F)F)cc1NC(=O)CN1C(=O)c2ccccc2N2C(=O)CCC12C. The van der Waals surface area contributed by atoms with Crippen LogP contribution in [0.2, 0.25) is 0 Å². The molecule has 2 heterocycles. The van der Waals surface area contributed by atoms with Crippen LogP contribution in [0.15, 0.2) is 42.5 Å². The van der Waals surface area contributed by atoms with Crippen LogP contribution in [0.4, 0.5) is 30.2 Å². The largest absolute Gasteiger partial charge is 0.416 e. The number of carbonyl (C=O) groups is 4. The number of rotatable bonds is 4. The molecule has 0 aliphatic carbocycles. The minimum absolute atomic E-state index is 0.0203. The first-order chi connectivity index (χ1) is 15.9. The van der Waals surface area contributed by atoms with Gasteiger partial charge in [0.15, 0.2) is 0 Å². The van der Waals surface area contributed by atoms with Crippen molar-refractivity contribution in [2.24, 2.45) is 0 Å². The van der Waals surface area contributed by atoms with E-state index in [0.29, 0.717) is 18.2 Å². The molecule has 2 aromatic carbocycles. The van der Waals surface area contributed by atoms with Crippen LogP contribution in [0.5, 0.6) is 0 Å². The van der Waals surface area contributed by atoms with E-state index in [-0.39, 0.29) is 29.3 Å². The zero-order valence-corrected chi connectivity index (χ0v) is 18.3. The number of fused-ring (bicyclic) bond motifs is 3. The minimum Gasteiger partial charge on any atom is -0.325 e. The molecule has 2 aliphatic heterocycles. The fourth-order valence-electron chi connectivity index (χ4n) is 4.40. The summed E-state index contributed by atoms with van der Waals surface area (Å²) in [5.41, 5.74) is -1.69. The molecule has 1 atom stereocenters. The van der Waals surface area contributed by atoms with E-state index in [0.717, 1.165) is 12.1 Å². The molecule has 4 rings (SSSR count). The van der Waals surface area contributed by atoms with Crippen LogP contribution in [0.25, 0.3) is 0 Å². The summed E-state index contributed by atoms with van der Waals surface area (Å²) in [4.78, 5) is 53.0. The molecule has 34 heavy (non-hydrogen) atoms. The van der Waals surface area contributed by atoms with Crippen LogP contribution in [0.3, 0.4) is 0 Å². The Morgan fingerprint density at radius 2 is 1.76 bits per heavy atom. The van der Waals surface area contributed by atoms with E-state index >= 15 is 0 Å². The van der Waals surface area contributed by atoms with E-state index in [9.17, 15) is 32.3 Å². The summed E-state index contributed by atoms with van der Waals surface area (Å²) in [6, 6.07) is 9.10. The molecular formula is C23H21F3N4O4. The fourth-order valence-corrected chi connectivity index (χ4v) is 4.40. The second kappa shape index (κ2) is 8.15. The van der Waals surface area contributed by atoms with Gasteiger partial charge in [0.1, 0.15) is 12.2 Å². The van der Waals surface area contributed by atoms with E-state index in [2.05, 4.69) is 10.6 Å². The lowest BCUT2D eigenvalue weighted by atomic mass is 9.98. The highest BCUT2D eigenvalue weighted by atomic mass is 19.4. The number of amides is 4. The number of nitrogens with one attached hydrogen (secondary N) is 2. The van der Waals surface area contributed by atoms with Gasteiger partial charge in [0.2, 0.25) is 17.7 Å². The molecule has 2 N–H and O–H groups in total. The van der Waals surface area contributed by atoms with E-state index in [1.54, 1.807) is 31.2 Å². The van der Waals surface area contributed by atoms with Gasteiger partial charge in [-0.05, 0) is 43.7 Å². The monoisotopic (exact) mass is 474 g/mol. The number of anilines is 3. The summed E-state index contributed by atoms with van der Waals surface area (Å²) >= 11 is 0. The number of nitrogens with zero attached hydrogens (tertiary/aromatic N) is 2. The van der Waals surface area contributed by atoms with Gasteiger partial charge in [-0.1, -0.05) is 12.1 Å². The maximum absolute atomic E-state index is 13.3. The molecule has 0 bridgehead atoms. The number of benzene rings is 2. The van der Waals surface area contributed by atoms with E-state index in [1.807, 2.05) is 0 Å². The Hall–Kier alpha value is -3.89. The summed E-state index contributed by atoms with van der Waals surface area (Å²) < 4.78 is 39.6. The number of hydrogen-bond acceptors (Lipinski definition) is 4. The molecule has 1 unspecified atom stereocenters. The third-order valence-electron chi connectivity index (χ3n) is 5.98. The van der Waals surface area contributed by atoms with Gasteiger partial charge in [-0.15, -0.1) is 0 Å². The van der Waals surface area contributed by atoms with Crippen molar-refractivity contribution in [2.45, 2.75) is 38.5 Å². The molecule has 0 saturated carbocycles. The molecule has 1 saturated heterocycles. The van der Waals surface area contributed by atoms with Crippen molar-refractivity contribution in [3.63, 3.8) is 0 Å². The molecule has 1 fully saturated rings. The van der Waals surface area contributed by atoms with Gasteiger partial charge in [-0.2, -0.15) is 13.2 Å². The van der Waals surface area contributed by atoms with Crippen molar-refractivity contribution in [3.05, 3.63) is 53.6 Å². The van der Waals surface area contributed by atoms with Crippen LogP contribution in [0.1, 0.15) is 42.6 Å². The number of hydrogen-bond donors (Lipinski definition) is 2. The molecule has 2 aromatic rings. The van der Waals surface area contributed by atoms with Crippen molar-refractivity contribution in [1.29, 1.82) is 0 Å². The molecule has 11 heteroatoms. The Bertz CT molecular complexity index is 1210. The van der Waals surface area contributed by atoms with Crippen molar-refractivity contribution in [1.82, 2.24) is 4.90 Å². The Balaban J connectivity index is 1.65. The first-order valence-corrected chi connectivity index (χ1v) is 10.4. The lowest BCUT2D eigenvalue weighted by Gasteiger charge is -2.48. The minimum atomic E-state index is -4.67. The summed E-state index contributed by atoms with van der Waals surface area (Å²) in [5.74, 6) is -1.98. The number of carbonyl (C=O) groups excluding carboxylic acids is 4. The van der Waals surface area contributed by atoms with E-state index in [4.69, 9.17) is 0 Å². The predicted molar refractivity (Wildman–Crippen MR) is 117 cm³/mol. The van der Waals surface area contributed by atoms with Crippen LogP contribution >= 0.6 is 0 Å². The van der Waals surface area contributed by atoms with Gasteiger partial charge in [0.05, 0.1) is 28.2 Å². The van der Waals surface area contributed by atoms with Gasteiger partial charge in [-0.25, -0.2) is 0 Å². The normalized spacial score (nSPS) is 19.6. The smallest absolute Gasteiger partial charge is 0.325 e. The van der Waals surface area contributed by atoms with Crippen LogP contribution in [-0.2, 0) is 20.6 Å². The topological polar surface area (TPSA) is 98.8 Å². The Labute approximate surface area is 192 Å². The molecular weight excluding hydrogens is 453 g/mol. The fraction of sp³-hybridized carbons (Fsp3) is 0.304. The Morgan fingerprint density at radius 3 is 2.44 bits per heavy atom. The zero-order valence-electron chi connectivity index (χ0n) is 18.3. The predicted octanol–water partition coefficient (Wildman–Crippen LogP) is 3.60. The van der Waals surface area contributed by atoms with Crippen LogP contribution in [0, 0.1) is 0 Å². The van der Waals surface area contributed by atoms with E-state index in [1.165, 1.54) is 16.7 Å². The third kappa shape index (κ3) is 3.97. The number of alkyl halides is 3. The highest BCUT2D eigenvalue weighted by Crippen LogP contribution is 2.44.